The molecule has 148 valence electrons. The van der Waals surface area contributed by atoms with Gasteiger partial charge in [-0.15, -0.1) is 0 Å². The first-order chi connectivity index (χ1) is 12.7. The average Bonchev–Trinajstić information content (AvgIpc) is 2.80. The number of hydrogen-bond donors (Lipinski definition) is 1. The Labute approximate surface area is 161 Å². The first-order valence-corrected chi connectivity index (χ1v) is 9.74. The minimum Gasteiger partial charge on any atom is -0.480 e. The van der Waals surface area contributed by atoms with Crippen molar-refractivity contribution in [2.24, 2.45) is 0 Å². The van der Waals surface area contributed by atoms with Crippen LogP contribution in [-0.2, 0) is 16.1 Å². The summed E-state index contributed by atoms with van der Waals surface area (Å²) in [5.41, 5.74) is 0.656. The van der Waals surface area contributed by atoms with E-state index in [4.69, 9.17) is 4.74 Å². The van der Waals surface area contributed by atoms with Crippen LogP contribution in [0.5, 0.6) is 0 Å². The highest BCUT2D eigenvalue weighted by molar-refractivity contribution is 5.77. The highest BCUT2D eigenvalue weighted by Gasteiger charge is 2.44. The van der Waals surface area contributed by atoms with Crippen molar-refractivity contribution in [3.63, 3.8) is 0 Å². The van der Waals surface area contributed by atoms with Gasteiger partial charge in [0, 0.05) is 24.7 Å². The maximum absolute atomic E-state index is 12.6. The lowest BCUT2D eigenvalue weighted by atomic mass is 9.95. The highest BCUT2D eigenvalue weighted by atomic mass is 16.6. The molecule has 1 aromatic rings. The zero-order valence-electron chi connectivity index (χ0n) is 16.4. The van der Waals surface area contributed by atoms with Gasteiger partial charge in [0.15, 0.2) is 0 Å². The molecule has 2 bridgehead atoms. The first-order valence-electron chi connectivity index (χ1n) is 9.74. The summed E-state index contributed by atoms with van der Waals surface area (Å²) in [7, 11) is 0. The maximum atomic E-state index is 12.6. The molecule has 1 N–H and O–H groups in total. The number of ether oxygens (including phenoxy) is 1. The minimum absolute atomic E-state index is 0.0829. The Morgan fingerprint density at radius 1 is 1.15 bits per heavy atom. The van der Waals surface area contributed by atoms with Gasteiger partial charge in [-0.3, -0.25) is 14.6 Å². The van der Waals surface area contributed by atoms with Crippen LogP contribution in [0.4, 0.5) is 4.79 Å². The topological polar surface area (TPSA) is 70.1 Å². The van der Waals surface area contributed by atoms with E-state index < -0.39 is 17.7 Å². The van der Waals surface area contributed by atoms with Gasteiger partial charge in [-0.2, -0.15) is 0 Å². The molecule has 2 unspecified atom stereocenters. The molecule has 6 heteroatoms. The zero-order chi connectivity index (χ0) is 19.6. The standard InChI is InChI=1S/C21H30N2O4/c1-21(2,3)27-20(26)23(14-19(24)25)18-11-16-9-10-17(12-18)22(16)13-15-7-5-4-6-8-15/h4-8,16-18H,9-14H2,1-3H3,(H,24,25). The van der Waals surface area contributed by atoms with Gasteiger partial charge in [-0.25, -0.2) is 4.79 Å². The molecule has 0 saturated carbocycles. The number of fused-ring (bicyclic) bond motifs is 2. The second-order valence-corrected chi connectivity index (χ2v) is 8.67. The molecule has 0 aromatic heterocycles. The van der Waals surface area contributed by atoms with Crippen molar-refractivity contribution < 1.29 is 19.4 Å². The van der Waals surface area contributed by atoms with Gasteiger partial charge in [0.25, 0.3) is 0 Å². The van der Waals surface area contributed by atoms with E-state index in [0.717, 1.165) is 32.2 Å². The molecule has 1 amide bonds. The summed E-state index contributed by atoms with van der Waals surface area (Å²) in [5.74, 6) is -1.00. The molecule has 2 atom stereocenters. The number of carboxylic acids is 1. The molecule has 2 saturated heterocycles. The Morgan fingerprint density at radius 3 is 2.26 bits per heavy atom. The second kappa shape index (κ2) is 7.89. The Hall–Kier alpha value is -2.08. The summed E-state index contributed by atoms with van der Waals surface area (Å²) in [5, 5.41) is 9.30. The molecule has 6 nitrogen and oxygen atoms in total. The van der Waals surface area contributed by atoms with E-state index in [0.29, 0.717) is 12.1 Å². The van der Waals surface area contributed by atoms with Crippen LogP contribution in [0.2, 0.25) is 0 Å². The third kappa shape index (κ3) is 5.01. The van der Waals surface area contributed by atoms with Crippen LogP contribution in [0, 0.1) is 0 Å². The zero-order valence-corrected chi connectivity index (χ0v) is 16.4. The molecule has 2 aliphatic heterocycles. The quantitative estimate of drug-likeness (QED) is 0.854. The fraction of sp³-hybridized carbons (Fsp3) is 0.619. The summed E-state index contributed by atoms with van der Waals surface area (Å²) >= 11 is 0. The molecule has 1 aromatic carbocycles. The molecular weight excluding hydrogens is 344 g/mol. The number of nitrogens with zero attached hydrogens (tertiary/aromatic N) is 2. The molecule has 0 radical (unpaired) electrons. The third-order valence-electron chi connectivity index (χ3n) is 5.44. The number of rotatable bonds is 5. The SMILES string of the molecule is CC(C)(C)OC(=O)N(CC(=O)O)C1CC2CCC(C1)N2Cc1ccccc1. The van der Waals surface area contributed by atoms with Gasteiger partial charge in [0.1, 0.15) is 12.1 Å². The van der Waals surface area contributed by atoms with Crippen molar-refractivity contribution in [3.8, 4) is 0 Å². The number of carbonyl (C=O) groups excluding carboxylic acids is 1. The van der Waals surface area contributed by atoms with E-state index in [2.05, 4.69) is 29.2 Å². The van der Waals surface area contributed by atoms with Gasteiger partial charge in [0.2, 0.25) is 0 Å². The Balaban J connectivity index is 1.70. The summed E-state index contributed by atoms with van der Waals surface area (Å²) in [6.07, 6.45) is 3.28. The number of aliphatic carboxylic acids is 1. The van der Waals surface area contributed by atoms with Crippen LogP contribution < -0.4 is 0 Å². The molecule has 0 aliphatic carbocycles. The van der Waals surface area contributed by atoms with Crippen LogP contribution in [0.1, 0.15) is 52.0 Å². The molecule has 2 aliphatic rings. The van der Waals surface area contributed by atoms with Crippen molar-refractivity contribution in [2.75, 3.05) is 6.54 Å². The van der Waals surface area contributed by atoms with Crippen LogP contribution in [0.15, 0.2) is 30.3 Å². The van der Waals surface area contributed by atoms with E-state index in [-0.39, 0.29) is 12.6 Å². The summed E-state index contributed by atoms with van der Waals surface area (Å²) in [4.78, 5) is 27.9. The van der Waals surface area contributed by atoms with Gasteiger partial charge < -0.3 is 9.84 Å². The van der Waals surface area contributed by atoms with Crippen LogP contribution in [-0.4, -0.2) is 57.2 Å². The monoisotopic (exact) mass is 374 g/mol. The fourth-order valence-electron chi connectivity index (χ4n) is 4.36. The van der Waals surface area contributed by atoms with Crippen molar-refractivity contribution in [1.82, 2.24) is 9.80 Å². The number of benzene rings is 1. The summed E-state index contributed by atoms with van der Waals surface area (Å²) < 4.78 is 5.48. The Kier molecular flexibility index (Phi) is 5.75. The largest absolute Gasteiger partial charge is 0.480 e. The first kappa shape index (κ1) is 19.7. The van der Waals surface area contributed by atoms with Crippen molar-refractivity contribution >= 4 is 12.1 Å². The van der Waals surface area contributed by atoms with E-state index in [1.54, 1.807) is 20.8 Å². The maximum Gasteiger partial charge on any atom is 0.411 e. The molecule has 3 rings (SSSR count). The summed E-state index contributed by atoms with van der Waals surface area (Å²) in [6, 6.07) is 11.1. The number of amides is 1. The smallest absolute Gasteiger partial charge is 0.411 e. The number of piperidine rings is 1. The highest BCUT2D eigenvalue weighted by Crippen LogP contribution is 2.38. The van der Waals surface area contributed by atoms with Gasteiger partial charge in [0.05, 0.1) is 0 Å². The number of hydrogen-bond acceptors (Lipinski definition) is 4. The van der Waals surface area contributed by atoms with E-state index in [9.17, 15) is 14.7 Å². The average molecular weight is 374 g/mol. The molecule has 2 fully saturated rings. The number of carbonyl (C=O) groups is 2. The van der Waals surface area contributed by atoms with E-state index in [1.165, 1.54) is 10.5 Å². The third-order valence-corrected chi connectivity index (χ3v) is 5.44. The normalized spacial score (nSPS) is 25.2. The Morgan fingerprint density at radius 2 is 1.74 bits per heavy atom. The van der Waals surface area contributed by atoms with Gasteiger partial charge in [-0.05, 0) is 52.0 Å². The van der Waals surface area contributed by atoms with Crippen LogP contribution in [0.25, 0.3) is 0 Å². The molecule has 0 spiro atoms. The van der Waals surface area contributed by atoms with Crippen molar-refractivity contribution in [2.45, 2.75) is 76.7 Å². The lowest BCUT2D eigenvalue weighted by Crippen LogP contribution is -2.53. The second-order valence-electron chi connectivity index (χ2n) is 8.67. The minimum atomic E-state index is -1.00. The predicted octanol–water partition coefficient (Wildman–Crippen LogP) is 3.50. The van der Waals surface area contributed by atoms with Crippen molar-refractivity contribution in [1.29, 1.82) is 0 Å². The van der Waals surface area contributed by atoms with Crippen molar-refractivity contribution in [3.05, 3.63) is 35.9 Å². The molecule has 27 heavy (non-hydrogen) atoms. The fourth-order valence-corrected chi connectivity index (χ4v) is 4.36. The van der Waals surface area contributed by atoms with Crippen LogP contribution >= 0.6 is 0 Å². The van der Waals surface area contributed by atoms with E-state index >= 15 is 0 Å². The van der Waals surface area contributed by atoms with Gasteiger partial charge >= 0.3 is 12.1 Å². The number of carboxylic acid groups (broad SMARTS) is 1. The Bertz CT molecular complexity index is 657. The van der Waals surface area contributed by atoms with Gasteiger partial charge in [-0.1, -0.05) is 30.3 Å². The van der Waals surface area contributed by atoms with Crippen LogP contribution in [0.3, 0.4) is 0 Å². The lowest BCUT2D eigenvalue weighted by Gasteiger charge is -2.43. The molecule has 2 heterocycles. The predicted molar refractivity (Wildman–Crippen MR) is 102 cm³/mol. The molecular formula is C21H30N2O4. The lowest BCUT2D eigenvalue weighted by molar-refractivity contribution is -0.139. The summed E-state index contributed by atoms with van der Waals surface area (Å²) in [6.45, 7) is 6.01. The van der Waals surface area contributed by atoms with E-state index in [1.807, 2.05) is 6.07 Å².